The SMILES string of the molecule is Cc1ccc(-c2cc(-c3ccc([N+](=O)[O-])cc3)c(Cl)s2)cc1. The van der Waals surface area contributed by atoms with Gasteiger partial charge in [-0.25, -0.2) is 0 Å². The highest BCUT2D eigenvalue weighted by molar-refractivity contribution is 7.20. The summed E-state index contributed by atoms with van der Waals surface area (Å²) in [5.41, 5.74) is 4.18. The van der Waals surface area contributed by atoms with Gasteiger partial charge < -0.3 is 0 Å². The van der Waals surface area contributed by atoms with Crippen molar-refractivity contribution in [2.24, 2.45) is 0 Å². The predicted octanol–water partition coefficient (Wildman–Crippen LogP) is 5.95. The fourth-order valence-corrected chi connectivity index (χ4v) is 3.51. The normalized spacial score (nSPS) is 10.6. The Balaban J connectivity index is 1.98. The zero-order chi connectivity index (χ0) is 15.7. The number of rotatable bonds is 3. The molecule has 0 aliphatic heterocycles. The van der Waals surface area contributed by atoms with E-state index in [-0.39, 0.29) is 5.69 Å². The predicted molar refractivity (Wildman–Crippen MR) is 91.6 cm³/mol. The van der Waals surface area contributed by atoms with Crippen LogP contribution < -0.4 is 0 Å². The third-order valence-corrected chi connectivity index (χ3v) is 4.82. The standard InChI is InChI=1S/C17H12ClNO2S/c1-11-2-4-13(5-3-11)16-10-15(17(18)22-16)12-6-8-14(9-7-12)19(20)21/h2-10H,1H3. The van der Waals surface area contributed by atoms with Crippen molar-refractivity contribution in [2.75, 3.05) is 0 Å². The average Bonchev–Trinajstić information content (AvgIpc) is 2.90. The number of nitro benzene ring substituents is 1. The summed E-state index contributed by atoms with van der Waals surface area (Å²) >= 11 is 7.86. The first-order chi connectivity index (χ1) is 10.5. The largest absolute Gasteiger partial charge is 0.269 e. The van der Waals surface area contributed by atoms with E-state index in [1.54, 1.807) is 12.1 Å². The van der Waals surface area contributed by atoms with Gasteiger partial charge in [-0.3, -0.25) is 10.1 Å². The molecule has 22 heavy (non-hydrogen) atoms. The second kappa shape index (κ2) is 5.91. The first kappa shape index (κ1) is 14.8. The molecule has 3 nitrogen and oxygen atoms in total. The lowest BCUT2D eigenvalue weighted by Crippen LogP contribution is -1.86. The van der Waals surface area contributed by atoms with Gasteiger partial charge in [-0.05, 0) is 36.2 Å². The summed E-state index contributed by atoms with van der Waals surface area (Å²) < 4.78 is 0.685. The third-order valence-electron chi connectivity index (χ3n) is 3.41. The van der Waals surface area contributed by atoms with Crippen LogP contribution in [0.2, 0.25) is 4.34 Å². The van der Waals surface area contributed by atoms with E-state index in [9.17, 15) is 10.1 Å². The Hall–Kier alpha value is -2.17. The molecule has 0 aliphatic carbocycles. The molecule has 0 fully saturated rings. The zero-order valence-electron chi connectivity index (χ0n) is 11.7. The van der Waals surface area contributed by atoms with Crippen LogP contribution in [-0.4, -0.2) is 4.92 Å². The van der Waals surface area contributed by atoms with E-state index in [0.717, 1.165) is 21.6 Å². The number of nitrogens with zero attached hydrogens (tertiary/aromatic N) is 1. The van der Waals surface area contributed by atoms with E-state index in [4.69, 9.17) is 11.6 Å². The van der Waals surface area contributed by atoms with Crippen LogP contribution in [0, 0.1) is 17.0 Å². The van der Waals surface area contributed by atoms with Gasteiger partial charge in [-0.15, -0.1) is 11.3 Å². The quantitative estimate of drug-likeness (QED) is 0.440. The lowest BCUT2D eigenvalue weighted by Gasteiger charge is -1.99. The lowest BCUT2D eigenvalue weighted by molar-refractivity contribution is -0.384. The Labute approximate surface area is 137 Å². The van der Waals surface area contributed by atoms with Crippen LogP contribution in [0.5, 0.6) is 0 Å². The molecule has 0 saturated carbocycles. The summed E-state index contributed by atoms with van der Waals surface area (Å²) in [4.78, 5) is 11.4. The van der Waals surface area contributed by atoms with Gasteiger partial charge >= 0.3 is 0 Å². The molecule has 0 unspecified atom stereocenters. The van der Waals surface area contributed by atoms with Crippen molar-refractivity contribution in [3.05, 3.63) is 74.6 Å². The second-order valence-corrected chi connectivity index (χ2v) is 6.62. The van der Waals surface area contributed by atoms with Crippen LogP contribution in [0.25, 0.3) is 21.6 Å². The van der Waals surface area contributed by atoms with Crippen LogP contribution in [0.1, 0.15) is 5.56 Å². The van der Waals surface area contributed by atoms with E-state index in [1.807, 2.05) is 13.0 Å². The smallest absolute Gasteiger partial charge is 0.258 e. The number of hydrogen-bond acceptors (Lipinski definition) is 3. The van der Waals surface area contributed by atoms with Crippen LogP contribution >= 0.6 is 22.9 Å². The minimum Gasteiger partial charge on any atom is -0.258 e. The number of hydrogen-bond donors (Lipinski definition) is 0. The van der Waals surface area contributed by atoms with E-state index in [2.05, 4.69) is 24.3 Å². The maximum atomic E-state index is 10.7. The molecule has 5 heteroatoms. The number of benzene rings is 2. The highest BCUT2D eigenvalue weighted by Crippen LogP contribution is 2.40. The molecular weight excluding hydrogens is 318 g/mol. The molecule has 0 aliphatic rings. The van der Waals surface area contributed by atoms with Crippen molar-refractivity contribution in [3.63, 3.8) is 0 Å². The molecule has 0 bridgehead atoms. The lowest BCUT2D eigenvalue weighted by atomic mass is 10.1. The maximum Gasteiger partial charge on any atom is 0.269 e. The van der Waals surface area contributed by atoms with Gasteiger partial charge in [0, 0.05) is 22.6 Å². The van der Waals surface area contributed by atoms with Crippen molar-refractivity contribution in [1.29, 1.82) is 0 Å². The number of aryl methyl sites for hydroxylation is 1. The van der Waals surface area contributed by atoms with Crippen LogP contribution in [0.15, 0.2) is 54.6 Å². The van der Waals surface area contributed by atoms with E-state index in [1.165, 1.54) is 29.0 Å². The van der Waals surface area contributed by atoms with Crippen molar-refractivity contribution in [1.82, 2.24) is 0 Å². The third kappa shape index (κ3) is 2.89. The molecule has 3 rings (SSSR count). The summed E-state index contributed by atoms with van der Waals surface area (Å²) in [6, 6.07) is 16.7. The van der Waals surface area contributed by atoms with Gasteiger partial charge in [-0.2, -0.15) is 0 Å². The number of non-ortho nitro benzene ring substituents is 1. The zero-order valence-corrected chi connectivity index (χ0v) is 13.3. The highest BCUT2D eigenvalue weighted by Gasteiger charge is 2.12. The Morgan fingerprint density at radius 2 is 1.59 bits per heavy atom. The average molecular weight is 330 g/mol. The molecule has 0 N–H and O–H groups in total. The minimum absolute atomic E-state index is 0.0776. The Kier molecular flexibility index (Phi) is 3.96. The second-order valence-electron chi connectivity index (χ2n) is 4.97. The van der Waals surface area contributed by atoms with Crippen molar-refractivity contribution < 1.29 is 4.92 Å². The van der Waals surface area contributed by atoms with Crippen molar-refractivity contribution >= 4 is 28.6 Å². The molecule has 1 heterocycles. The summed E-state index contributed by atoms with van der Waals surface area (Å²) in [5.74, 6) is 0. The van der Waals surface area contributed by atoms with Crippen LogP contribution in [-0.2, 0) is 0 Å². The molecule has 2 aromatic carbocycles. The fourth-order valence-electron chi connectivity index (χ4n) is 2.19. The Morgan fingerprint density at radius 1 is 1.00 bits per heavy atom. The van der Waals surface area contributed by atoms with E-state index >= 15 is 0 Å². The molecular formula is C17H12ClNO2S. The number of halogens is 1. The van der Waals surface area contributed by atoms with Gasteiger partial charge in [0.1, 0.15) is 4.34 Å². The molecule has 0 saturated heterocycles. The summed E-state index contributed by atoms with van der Waals surface area (Å²) in [6.07, 6.45) is 0. The topological polar surface area (TPSA) is 43.1 Å². The minimum atomic E-state index is -0.406. The van der Waals surface area contributed by atoms with Gasteiger partial charge in [-0.1, -0.05) is 41.4 Å². The number of thiophene rings is 1. The molecule has 0 atom stereocenters. The molecule has 0 amide bonds. The van der Waals surface area contributed by atoms with Gasteiger partial charge in [0.2, 0.25) is 0 Å². The molecule has 3 aromatic rings. The van der Waals surface area contributed by atoms with E-state index in [0.29, 0.717) is 4.34 Å². The monoisotopic (exact) mass is 329 g/mol. The molecule has 0 radical (unpaired) electrons. The number of nitro groups is 1. The van der Waals surface area contributed by atoms with Crippen molar-refractivity contribution in [2.45, 2.75) is 6.92 Å². The molecule has 1 aromatic heterocycles. The maximum absolute atomic E-state index is 10.7. The van der Waals surface area contributed by atoms with E-state index < -0.39 is 4.92 Å². The molecule has 110 valence electrons. The van der Waals surface area contributed by atoms with Gasteiger partial charge in [0.05, 0.1) is 4.92 Å². The summed E-state index contributed by atoms with van der Waals surface area (Å²) in [6.45, 7) is 2.05. The first-order valence-electron chi connectivity index (χ1n) is 6.66. The van der Waals surface area contributed by atoms with Crippen LogP contribution in [0.4, 0.5) is 5.69 Å². The van der Waals surface area contributed by atoms with Gasteiger partial charge in [0.25, 0.3) is 5.69 Å². The fraction of sp³-hybridized carbons (Fsp3) is 0.0588. The summed E-state index contributed by atoms with van der Waals surface area (Å²) in [7, 11) is 0. The molecule has 0 spiro atoms. The first-order valence-corrected chi connectivity index (χ1v) is 7.85. The van der Waals surface area contributed by atoms with Gasteiger partial charge in [0.15, 0.2) is 0 Å². The Morgan fingerprint density at radius 3 is 2.18 bits per heavy atom. The highest BCUT2D eigenvalue weighted by atomic mass is 35.5. The van der Waals surface area contributed by atoms with Crippen LogP contribution in [0.3, 0.4) is 0 Å². The van der Waals surface area contributed by atoms with Crippen molar-refractivity contribution in [3.8, 4) is 21.6 Å². The Bertz CT molecular complexity index is 823. The summed E-state index contributed by atoms with van der Waals surface area (Å²) in [5, 5.41) is 10.7.